The molecule has 0 radical (unpaired) electrons. The molecule has 0 saturated heterocycles. The monoisotopic (exact) mass is 518 g/mol. The Morgan fingerprint density at radius 2 is 1.86 bits per heavy atom. The molecule has 0 amide bonds. The maximum atomic E-state index is 12.8. The van der Waals surface area contributed by atoms with Crippen molar-refractivity contribution < 1.29 is 17.9 Å². The Labute approximate surface area is 213 Å². The quantitative estimate of drug-likeness (QED) is 0.268. The average Bonchev–Trinajstić information content (AvgIpc) is 3.48. The third kappa shape index (κ3) is 8.50. The molecular formula is C25H34N4O4S2. The third-order valence-electron chi connectivity index (χ3n) is 5.26. The van der Waals surface area contributed by atoms with E-state index in [0.717, 1.165) is 12.8 Å². The number of nitrogens with one attached hydrogen (secondary N) is 1. The molecule has 0 aliphatic carbocycles. The van der Waals surface area contributed by atoms with Gasteiger partial charge in [0.15, 0.2) is 4.75 Å². The summed E-state index contributed by atoms with van der Waals surface area (Å²) >= 11 is -2.82. The summed E-state index contributed by atoms with van der Waals surface area (Å²) in [5.74, 6) is 0.782. The van der Waals surface area contributed by atoms with Gasteiger partial charge in [-0.25, -0.2) is 9.97 Å². The first-order valence-corrected chi connectivity index (χ1v) is 13.8. The predicted octanol–water partition coefficient (Wildman–Crippen LogP) is 4.88. The van der Waals surface area contributed by atoms with Crippen molar-refractivity contribution in [2.75, 3.05) is 0 Å². The molecule has 0 aliphatic rings. The number of hydrogen-bond donors (Lipinski definition) is 1. The van der Waals surface area contributed by atoms with Gasteiger partial charge in [-0.15, -0.1) is 4.72 Å². The summed E-state index contributed by atoms with van der Waals surface area (Å²) in [7, 11) is 0. The molecule has 0 fully saturated rings. The van der Waals surface area contributed by atoms with Crippen LogP contribution >= 0.6 is 0 Å². The number of rotatable bonds is 12. The van der Waals surface area contributed by atoms with Crippen LogP contribution in [0.2, 0.25) is 0 Å². The summed E-state index contributed by atoms with van der Waals surface area (Å²) < 4.78 is 42.7. The molecule has 190 valence electrons. The first-order chi connectivity index (χ1) is 16.5. The Hall–Kier alpha value is -2.11. The van der Waals surface area contributed by atoms with E-state index in [4.69, 9.17) is 8.83 Å². The summed E-state index contributed by atoms with van der Waals surface area (Å²) in [6, 6.07) is 9.96. The van der Waals surface area contributed by atoms with Crippen LogP contribution in [0, 0.1) is 0 Å². The molecule has 2 heterocycles. The number of oxazole rings is 2. The molecule has 0 saturated carbocycles. The lowest BCUT2D eigenvalue weighted by atomic mass is 10.1. The Balaban J connectivity index is 1.67. The standard InChI is InChI=1S/C25H34N4O4S2/c1-24(2,3)34(30)29-21(13-9-12-19-10-7-6-8-11-19)23-28-20(18-33-23)16-25(4,5)35(31)27-17-22-26-14-15-32-22/h6-8,10-11,14-15,17-18,21,29H,9,12-13,16H2,1-5H3/b27-17+/t21?,34-,35-/m0/s1. The molecule has 8 nitrogen and oxygen atoms in total. The molecule has 1 N–H and O–H groups in total. The second-order valence-corrected chi connectivity index (χ2v) is 13.7. The Morgan fingerprint density at radius 1 is 1.11 bits per heavy atom. The van der Waals surface area contributed by atoms with Crippen LogP contribution in [-0.4, -0.2) is 34.8 Å². The smallest absolute Gasteiger partial charge is 0.241 e. The highest BCUT2D eigenvalue weighted by Crippen LogP contribution is 2.27. The van der Waals surface area contributed by atoms with Crippen molar-refractivity contribution in [3.63, 3.8) is 0 Å². The van der Waals surface area contributed by atoms with Crippen molar-refractivity contribution in [2.24, 2.45) is 4.40 Å². The molecule has 0 aliphatic heterocycles. The van der Waals surface area contributed by atoms with Crippen LogP contribution < -0.4 is 4.72 Å². The minimum atomic E-state index is -1.54. The van der Waals surface area contributed by atoms with Crippen molar-refractivity contribution in [3.05, 3.63) is 72.1 Å². The minimum absolute atomic E-state index is 0.300. The Morgan fingerprint density at radius 3 is 2.51 bits per heavy atom. The predicted molar refractivity (Wildman–Crippen MR) is 140 cm³/mol. The normalized spacial score (nSPS) is 15.4. The van der Waals surface area contributed by atoms with Gasteiger partial charge in [0.25, 0.3) is 0 Å². The number of aryl methyl sites for hydroxylation is 1. The van der Waals surface area contributed by atoms with Gasteiger partial charge < -0.3 is 17.9 Å². The fraction of sp³-hybridized carbons (Fsp3) is 0.480. The highest BCUT2D eigenvalue weighted by atomic mass is 32.2. The fourth-order valence-electron chi connectivity index (χ4n) is 3.29. The zero-order valence-electron chi connectivity index (χ0n) is 20.9. The zero-order chi connectivity index (χ0) is 25.5. The van der Waals surface area contributed by atoms with Crippen molar-refractivity contribution in [2.45, 2.75) is 75.8 Å². The molecule has 0 spiro atoms. The minimum Gasteiger partial charge on any atom is -0.598 e. The van der Waals surface area contributed by atoms with Crippen LogP contribution in [0.4, 0.5) is 0 Å². The van der Waals surface area contributed by atoms with Crippen LogP contribution in [0.15, 0.2) is 62.3 Å². The van der Waals surface area contributed by atoms with Crippen LogP contribution in [-0.2, 0) is 35.6 Å². The van der Waals surface area contributed by atoms with E-state index in [9.17, 15) is 9.11 Å². The van der Waals surface area contributed by atoms with Gasteiger partial charge in [0.2, 0.25) is 11.8 Å². The SMILES string of the molecule is CC(C)(C)[S@+]([O-])NC(CCCc1ccccc1)c1nc(CC(C)(C)[S@+]([O-])/N=C/c2ncco2)co1. The molecule has 2 aromatic heterocycles. The summed E-state index contributed by atoms with van der Waals surface area (Å²) in [5, 5.41) is 0. The molecule has 3 atom stereocenters. The molecule has 35 heavy (non-hydrogen) atoms. The zero-order valence-corrected chi connectivity index (χ0v) is 22.5. The van der Waals surface area contributed by atoms with E-state index in [1.165, 1.54) is 24.2 Å². The maximum Gasteiger partial charge on any atom is 0.241 e. The van der Waals surface area contributed by atoms with Crippen LogP contribution in [0.3, 0.4) is 0 Å². The summed E-state index contributed by atoms with van der Waals surface area (Å²) in [4.78, 5) is 8.62. The lowest BCUT2D eigenvalue weighted by Crippen LogP contribution is -2.41. The molecule has 3 rings (SSSR count). The highest BCUT2D eigenvalue weighted by Gasteiger charge is 2.36. The Kier molecular flexibility index (Phi) is 9.60. The van der Waals surface area contributed by atoms with Gasteiger partial charge in [-0.2, -0.15) is 0 Å². The van der Waals surface area contributed by atoms with E-state index >= 15 is 0 Å². The third-order valence-corrected chi connectivity index (χ3v) is 8.26. The van der Waals surface area contributed by atoms with Gasteiger partial charge in [-0.3, -0.25) is 0 Å². The van der Waals surface area contributed by atoms with Crippen LogP contribution in [0.1, 0.15) is 76.5 Å². The Bertz CT molecular complexity index is 1050. The van der Waals surface area contributed by atoms with Gasteiger partial charge in [0, 0.05) is 17.8 Å². The lowest BCUT2D eigenvalue weighted by Gasteiger charge is -2.26. The number of hydrogen-bond acceptors (Lipinski definition) is 8. The first-order valence-electron chi connectivity index (χ1n) is 11.6. The summed E-state index contributed by atoms with van der Waals surface area (Å²) in [6.45, 7) is 9.49. The van der Waals surface area contributed by atoms with Gasteiger partial charge in [0.05, 0.1) is 11.9 Å². The number of benzene rings is 1. The fourth-order valence-corrected chi connectivity index (χ4v) is 4.86. The highest BCUT2D eigenvalue weighted by molar-refractivity contribution is 7.91. The topological polar surface area (TPSA) is 123 Å². The molecule has 1 unspecified atom stereocenters. The van der Waals surface area contributed by atoms with Gasteiger partial charge >= 0.3 is 0 Å². The van der Waals surface area contributed by atoms with E-state index in [-0.39, 0.29) is 6.04 Å². The van der Waals surface area contributed by atoms with Gasteiger partial charge in [-0.1, -0.05) is 34.7 Å². The van der Waals surface area contributed by atoms with Crippen LogP contribution in [0.25, 0.3) is 0 Å². The van der Waals surface area contributed by atoms with E-state index in [1.807, 2.05) is 52.8 Å². The molecule has 10 heteroatoms. The second-order valence-electron chi connectivity index (χ2n) is 9.90. The maximum absolute atomic E-state index is 12.8. The number of aromatic nitrogens is 2. The van der Waals surface area contributed by atoms with Gasteiger partial charge in [-0.05, 0) is 59.4 Å². The molecular weight excluding hydrogens is 484 g/mol. The summed E-state index contributed by atoms with van der Waals surface area (Å²) in [6.07, 6.45) is 8.78. The number of nitrogens with zero attached hydrogens (tertiary/aromatic N) is 3. The van der Waals surface area contributed by atoms with Crippen molar-refractivity contribution in [3.8, 4) is 0 Å². The average molecular weight is 519 g/mol. The first kappa shape index (κ1) is 27.5. The molecule has 0 bridgehead atoms. The van der Waals surface area contributed by atoms with E-state index in [0.29, 0.717) is 30.3 Å². The molecule has 1 aromatic carbocycles. The summed E-state index contributed by atoms with van der Waals surface area (Å²) in [5.41, 5.74) is 1.92. The van der Waals surface area contributed by atoms with Crippen molar-refractivity contribution in [1.82, 2.24) is 14.7 Å². The van der Waals surface area contributed by atoms with E-state index in [1.54, 1.807) is 6.26 Å². The molecule has 3 aromatic rings. The second kappa shape index (κ2) is 12.2. The van der Waals surface area contributed by atoms with E-state index in [2.05, 4.69) is 31.2 Å². The van der Waals surface area contributed by atoms with Gasteiger partial charge in [0.1, 0.15) is 40.9 Å². The van der Waals surface area contributed by atoms with Crippen LogP contribution in [0.5, 0.6) is 0 Å². The van der Waals surface area contributed by atoms with Crippen molar-refractivity contribution >= 4 is 28.9 Å². The van der Waals surface area contributed by atoms with E-state index < -0.39 is 32.2 Å². The largest absolute Gasteiger partial charge is 0.598 e. The lowest BCUT2D eigenvalue weighted by molar-refractivity contribution is 0.404. The van der Waals surface area contributed by atoms with Crippen molar-refractivity contribution in [1.29, 1.82) is 0 Å².